The third kappa shape index (κ3) is 3.79. The Morgan fingerprint density at radius 2 is 2.07 bits per heavy atom. The van der Waals surface area contributed by atoms with Gasteiger partial charge in [0.25, 0.3) is 0 Å². The van der Waals surface area contributed by atoms with Crippen LogP contribution in [0.4, 0.5) is 9.52 Å². The van der Waals surface area contributed by atoms with E-state index < -0.39 is 0 Å². The molecule has 1 aromatic heterocycles. The van der Waals surface area contributed by atoms with Crippen molar-refractivity contribution < 1.29 is 9.18 Å². The maximum atomic E-state index is 13.4. The van der Waals surface area contributed by atoms with E-state index in [0.717, 1.165) is 71.9 Å². The molecule has 4 nitrogen and oxygen atoms in total. The highest BCUT2D eigenvalue weighted by Gasteiger charge is 2.24. The smallest absolute Gasteiger partial charge is 0.186 e. The number of aryl methyl sites for hydroxylation is 1. The maximum absolute atomic E-state index is 13.4. The first-order valence-corrected chi connectivity index (χ1v) is 11.2. The molecule has 0 radical (unpaired) electrons. The molecule has 29 heavy (non-hydrogen) atoms. The summed E-state index contributed by atoms with van der Waals surface area (Å²) in [7, 11) is 0. The number of hydrogen-bond donors (Lipinski definition) is 1. The first-order valence-electron chi connectivity index (χ1n) is 10.4. The number of nitrogens with one attached hydrogen (secondary N) is 1. The van der Waals surface area contributed by atoms with Crippen molar-refractivity contribution in [1.29, 1.82) is 0 Å². The fourth-order valence-electron chi connectivity index (χ4n) is 4.50. The average Bonchev–Trinajstić information content (AvgIpc) is 3.35. The second-order valence-corrected chi connectivity index (χ2v) is 8.97. The van der Waals surface area contributed by atoms with Crippen LogP contribution in [0.1, 0.15) is 46.7 Å². The lowest BCUT2D eigenvalue weighted by atomic mass is 9.93. The minimum atomic E-state index is -0.168. The number of carbonyl (C=O) groups excluding carboxylic acids is 1. The largest absolute Gasteiger partial charge is 0.346 e. The van der Waals surface area contributed by atoms with Crippen molar-refractivity contribution in [2.24, 2.45) is 0 Å². The van der Waals surface area contributed by atoms with Crippen molar-refractivity contribution in [3.05, 3.63) is 58.9 Å². The van der Waals surface area contributed by atoms with Gasteiger partial charge in [-0.3, -0.25) is 4.79 Å². The molecule has 1 aliphatic carbocycles. The molecule has 2 aliphatic rings. The first kappa shape index (κ1) is 18.7. The number of Topliss-reactive ketones (excluding diaryl/α,β-unsaturated/α-hetero) is 1. The molecule has 150 valence electrons. The Morgan fingerprint density at radius 1 is 1.21 bits per heavy atom. The van der Waals surface area contributed by atoms with Gasteiger partial charge in [-0.05, 0) is 66.6 Å². The van der Waals surface area contributed by atoms with Crippen molar-refractivity contribution in [3.63, 3.8) is 0 Å². The van der Waals surface area contributed by atoms with Gasteiger partial charge in [0.05, 0.1) is 10.2 Å². The molecule has 0 unspecified atom stereocenters. The van der Waals surface area contributed by atoms with Crippen molar-refractivity contribution in [2.45, 2.75) is 31.6 Å². The summed E-state index contributed by atoms with van der Waals surface area (Å²) < 4.78 is 14.5. The summed E-state index contributed by atoms with van der Waals surface area (Å²) in [4.78, 5) is 19.9. The lowest BCUT2D eigenvalue weighted by molar-refractivity contribution is 0.0977. The standard InChI is InChI=1S/C23H24FN3OS/c24-18-5-6-19-15(1-2-16(19)13-18)4-8-21(28)17-3-7-20-22(14-17)29-23(26-20)27-11-9-25-10-12-27/h3,5-7,13-15,25H,1-2,4,8-12H2/t15-/m0/s1. The number of aromatic nitrogens is 1. The van der Waals surface area contributed by atoms with Crippen LogP contribution in [0.2, 0.25) is 0 Å². The van der Waals surface area contributed by atoms with Crippen LogP contribution in [0.15, 0.2) is 36.4 Å². The van der Waals surface area contributed by atoms with Crippen LogP contribution in [0.5, 0.6) is 0 Å². The summed E-state index contributed by atoms with van der Waals surface area (Å²) >= 11 is 1.67. The van der Waals surface area contributed by atoms with Crippen LogP contribution in [-0.4, -0.2) is 36.9 Å². The van der Waals surface area contributed by atoms with E-state index >= 15 is 0 Å². The lowest BCUT2D eigenvalue weighted by Gasteiger charge is -2.26. The Morgan fingerprint density at radius 3 is 2.93 bits per heavy atom. The molecule has 6 heteroatoms. The summed E-state index contributed by atoms with van der Waals surface area (Å²) in [6, 6.07) is 11.0. The van der Waals surface area contributed by atoms with Crippen molar-refractivity contribution in [3.8, 4) is 0 Å². The van der Waals surface area contributed by atoms with Gasteiger partial charge < -0.3 is 10.2 Å². The van der Waals surface area contributed by atoms with E-state index in [9.17, 15) is 9.18 Å². The SMILES string of the molecule is O=C(CC[C@@H]1CCc2cc(F)ccc21)c1ccc2nc(N3CCNCC3)sc2c1. The number of ketones is 1. The number of halogens is 1. The Hall–Kier alpha value is -2.31. The van der Waals surface area contributed by atoms with E-state index in [0.29, 0.717) is 12.3 Å². The average molecular weight is 410 g/mol. The van der Waals surface area contributed by atoms with Gasteiger partial charge in [-0.2, -0.15) is 0 Å². The molecule has 1 aliphatic heterocycles. The number of benzene rings is 2. The molecule has 1 fully saturated rings. The monoisotopic (exact) mass is 409 g/mol. The van der Waals surface area contributed by atoms with Crippen LogP contribution in [-0.2, 0) is 6.42 Å². The number of fused-ring (bicyclic) bond motifs is 2. The van der Waals surface area contributed by atoms with Gasteiger partial charge in [-0.25, -0.2) is 9.37 Å². The Labute approximate surface area is 173 Å². The molecule has 0 bridgehead atoms. The van der Waals surface area contributed by atoms with Crippen LogP contribution >= 0.6 is 11.3 Å². The van der Waals surface area contributed by atoms with Crippen LogP contribution < -0.4 is 10.2 Å². The highest BCUT2D eigenvalue weighted by Crippen LogP contribution is 2.37. The molecular weight excluding hydrogens is 385 g/mol. The van der Waals surface area contributed by atoms with Crippen molar-refractivity contribution in [1.82, 2.24) is 10.3 Å². The Bertz CT molecular complexity index is 1060. The molecule has 0 spiro atoms. The Kier molecular flexibility index (Phi) is 5.06. The third-order valence-corrected chi connectivity index (χ3v) is 7.19. The second-order valence-electron chi connectivity index (χ2n) is 7.96. The minimum Gasteiger partial charge on any atom is -0.346 e. The van der Waals surface area contributed by atoms with E-state index in [1.54, 1.807) is 17.4 Å². The topological polar surface area (TPSA) is 45.2 Å². The molecule has 0 saturated carbocycles. The quantitative estimate of drug-likeness (QED) is 0.629. The van der Waals surface area contributed by atoms with E-state index in [4.69, 9.17) is 4.98 Å². The fourth-order valence-corrected chi connectivity index (χ4v) is 5.56. The number of piperazine rings is 1. The minimum absolute atomic E-state index is 0.168. The molecule has 2 heterocycles. The van der Waals surface area contributed by atoms with Crippen molar-refractivity contribution in [2.75, 3.05) is 31.1 Å². The second kappa shape index (κ2) is 7.84. The van der Waals surface area contributed by atoms with Gasteiger partial charge in [-0.15, -0.1) is 0 Å². The van der Waals surface area contributed by atoms with E-state index in [2.05, 4.69) is 10.2 Å². The number of nitrogens with zero attached hydrogens (tertiary/aromatic N) is 2. The van der Waals surface area contributed by atoms with Crippen LogP contribution in [0, 0.1) is 5.82 Å². The zero-order valence-corrected chi connectivity index (χ0v) is 17.1. The number of rotatable bonds is 5. The highest BCUT2D eigenvalue weighted by atomic mass is 32.1. The summed E-state index contributed by atoms with van der Waals surface area (Å²) in [5, 5.41) is 4.40. The van der Waals surface area contributed by atoms with E-state index in [-0.39, 0.29) is 11.6 Å². The predicted molar refractivity (Wildman–Crippen MR) is 116 cm³/mol. The highest BCUT2D eigenvalue weighted by molar-refractivity contribution is 7.22. The van der Waals surface area contributed by atoms with Gasteiger partial charge in [-0.1, -0.05) is 17.4 Å². The number of anilines is 1. The fraction of sp³-hybridized carbons (Fsp3) is 0.391. The number of thiazole rings is 1. The van der Waals surface area contributed by atoms with E-state index in [1.807, 2.05) is 24.3 Å². The van der Waals surface area contributed by atoms with Gasteiger partial charge in [0.15, 0.2) is 10.9 Å². The zero-order valence-electron chi connectivity index (χ0n) is 16.3. The third-order valence-electron chi connectivity index (χ3n) is 6.11. The normalized spacial score (nSPS) is 18.9. The molecule has 5 rings (SSSR count). The van der Waals surface area contributed by atoms with Crippen LogP contribution in [0.25, 0.3) is 10.2 Å². The van der Waals surface area contributed by atoms with E-state index in [1.165, 1.54) is 11.6 Å². The van der Waals surface area contributed by atoms with Gasteiger partial charge >= 0.3 is 0 Å². The summed E-state index contributed by atoms with van der Waals surface area (Å²) in [5.41, 5.74) is 4.06. The number of hydrogen-bond acceptors (Lipinski definition) is 5. The summed E-state index contributed by atoms with van der Waals surface area (Å²) in [6.45, 7) is 3.91. The molecule has 2 aromatic carbocycles. The molecule has 0 amide bonds. The predicted octanol–water partition coefficient (Wildman–Crippen LogP) is 4.54. The Balaban J connectivity index is 1.28. The molecule has 1 atom stereocenters. The van der Waals surface area contributed by atoms with Gasteiger partial charge in [0.1, 0.15) is 5.82 Å². The number of carbonyl (C=O) groups is 1. The summed E-state index contributed by atoms with van der Waals surface area (Å²) in [5.74, 6) is 0.374. The molecular formula is C23H24FN3OS. The molecule has 1 N–H and O–H groups in total. The first-order chi connectivity index (χ1) is 14.2. The molecule has 1 saturated heterocycles. The van der Waals surface area contributed by atoms with Gasteiger partial charge in [0.2, 0.25) is 0 Å². The maximum Gasteiger partial charge on any atom is 0.186 e. The van der Waals surface area contributed by atoms with Crippen molar-refractivity contribution >= 4 is 32.5 Å². The summed E-state index contributed by atoms with van der Waals surface area (Å²) in [6.07, 6.45) is 3.27. The molecule has 3 aromatic rings. The van der Waals surface area contributed by atoms with Gasteiger partial charge in [0, 0.05) is 38.2 Å². The van der Waals surface area contributed by atoms with Crippen LogP contribution in [0.3, 0.4) is 0 Å². The lowest BCUT2D eigenvalue weighted by Crippen LogP contribution is -2.43. The zero-order chi connectivity index (χ0) is 19.8.